The van der Waals surface area contributed by atoms with E-state index in [0.29, 0.717) is 31.0 Å². The SMILES string of the molecule is CCOc1ccc(OCC(=O)Nc2ccc(CC(=O)NCc3cccs3)cc2)cc1. The van der Waals surface area contributed by atoms with E-state index in [1.165, 1.54) is 0 Å². The zero-order chi connectivity index (χ0) is 21.2. The van der Waals surface area contributed by atoms with Gasteiger partial charge in [0.2, 0.25) is 5.91 Å². The lowest BCUT2D eigenvalue weighted by Crippen LogP contribution is -2.24. The molecule has 0 atom stereocenters. The minimum atomic E-state index is -0.259. The maximum Gasteiger partial charge on any atom is 0.262 e. The number of carbonyl (C=O) groups excluding carboxylic acids is 2. The van der Waals surface area contributed by atoms with Crippen LogP contribution in [-0.2, 0) is 22.6 Å². The summed E-state index contributed by atoms with van der Waals surface area (Å²) in [6.07, 6.45) is 0.292. The van der Waals surface area contributed by atoms with Gasteiger partial charge in [0.15, 0.2) is 6.61 Å². The van der Waals surface area contributed by atoms with Crippen molar-refractivity contribution in [3.8, 4) is 11.5 Å². The molecule has 1 heterocycles. The second-order valence-electron chi connectivity index (χ2n) is 6.47. The highest BCUT2D eigenvalue weighted by Crippen LogP contribution is 2.17. The molecule has 2 N–H and O–H groups in total. The van der Waals surface area contributed by atoms with E-state index in [4.69, 9.17) is 9.47 Å². The summed E-state index contributed by atoms with van der Waals surface area (Å²) in [5.41, 5.74) is 1.53. The van der Waals surface area contributed by atoms with E-state index in [0.717, 1.165) is 16.2 Å². The van der Waals surface area contributed by atoms with E-state index < -0.39 is 0 Å². The summed E-state index contributed by atoms with van der Waals surface area (Å²) in [4.78, 5) is 25.3. The Bertz CT molecular complexity index is 938. The predicted molar refractivity (Wildman–Crippen MR) is 118 cm³/mol. The van der Waals surface area contributed by atoms with E-state index in [2.05, 4.69) is 10.6 Å². The van der Waals surface area contributed by atoms with Crippen molar-refractivity contribution in [3.63, 3.8) is 0 Å². The van der Waals surface area contributed by atoms with E-state index in [1.54, 1.807) is 47.7 Å². The van der Waals surface area contributed by atoms with Crippen molar-refractivity contribution in [2.75, 3.05) is 18.5 Å². The normalized spacial score (nSPS) is 10.3. The van der Waals surface area contributed by atoms with Crippen molar-refractivity contribution in [3.05, 3.63) is 76.5 Å². The second kappa shape index (κ2) is 11.0. The summed E-state index contributed by atoms with van der Waals surface area (Å²) in [6, 6.07) is 18.3. The Morgan fingerprint density at radius 2 is 1.60 bits per heavy atom. The lowest BCUT2D eigenvalue weighted by Gasteiger charge is -2.09. The Balaban J connectivity index is 1.40. The van der Waals surface area contributed by atoms with Crippen LogP contribution in [0.2, 0.25) is 0 Å². The van der Waals surface area contributed by atoms with Crippen LogP contribution < -0.4 is 20.1 Å². The molecule has 0 aliphatic heterocycles. The molecule has 1 aromatic heterocycles. The molecular weight excluding hydrogens is 400 g/mol. The maximum atomic E-state index is 12.1. The van der Waals surface area contributed by atoms with E-state index in [-0.39, 0.29) is 18.4 Å². The van der Waals surface area contributed by atoms with Gasteiger partial charge in [-0.1, -0.05) is 18.2 Å². The number of hydrogen-bond donors (Lipinski definition) is 2. The molecule has 7 heteroatoms. The molecule has 2 amide bonds. The van der Waals surface area contributed by atoms with Gasteiger partial charge in [-0.05, 0) is 60.3 Å². The third-order valence-electron chi connectivity index (χ3n) is 4.15. The first-order valence-corrected chi connectivity index (χ1v) is 10.5. The summed E-state index contributed by atoms with van der Waals surface area (Å²) in [5, 5.41) is 7.66. The van der Waals surface area contributed by atoms with Crippen molar-refractivity contribution >= 4 is 28.8 Å². The van der Waals surface area contributed by atoms with E-state index in [9.17, 15) is 9.59 Å². The Hall–Kier alpha value is -3.32. The van der Waals surface area contributed by atoms with Gasteiger partial charge in [0.05, 0.1) is 19.6 Å². The van der Waals surface area contributed by atoms with E-state index >= 15 is 0 Å². The first-order chi connectivity index (χ1) is 14.6. The Kier molecular flexibility index (Phi) is 7.86. The second-order valence-corrected chi connectivity index (χ2v) is 7.50. The van der Waals surface area contributed by atoms with Gasteiger partial charge < -0.3 is 20.1 Å². The number of anilines is 1. The first-order valence-electron chi connectivity index (χ1n) is 9.66. The number of amides is 2. The summed E-state index contributed by atoms with van der Waals surface area (Å²) in [6.45, 7) is 2.96. The lowest BCUT2D eigenvalue weighted by molar-refractivity contribution is -0.120. The van der Waals surface area contributed by atoms with Crippen LogP contribution in [0.4, 0.5) is 5.69 Å². The number of hydrogen-bond acceptors (Lipinski definition) is 5. The summed E-state index contributed by atoms with van der Waals surface area (Å²) in [5.74, 6) is 1.06. The van der Waals surface area contributed by atoms with Crippen LogP contribution in [0, 0.1) is 0 Å². The number of nitrogens with one attached hydrogen (secondary N) is 2. The lowest BCUT2D eigenvalue weighted by atomic mass is 10.1. The van der Waals surface area contributed by atoms with Crippen LogP contribution in [0.25, 0.3) is 0 Å². The molecule has 0 bridgehead atoms. The molecular formula is C23H24N2O4S. The molecule has 0 saturated carbocycles. The molecule has 0 fully saturated rings. The molecule has 0 spiro atoms. The fourth-order valence-corrected chi connectivity index (χ4v) is 3.34. The highest BCUT2D eigenvalue weighted by atomic mass is 32.1. The average molecular weight is 425 g/mol. The van der Waals surface area contributed by atoms with Gasteiger partial charge >= 0.3 is 0 Å². The topological polar surface area (TPSA) is 76.7 Å². The van der Waals surface area contributed by atoms with E-state index in [1.807, 2.05) is 36.6 Å². The fourth-order valence-electron chi connectivity index (χ4n) is 2.70. The number of rotatable bonds is 10. The Morgan fingerprint density at radius 3 is 2.23 bits per heavy atom. The third kappa shape index (κ3) is 6.93. The quantitative estimate of drug-likeness (QED) is 0.515. The number of carbonyl (C=O) groups is 2. The van der Waals surface area contributed by atoms with Gasteiger partial charge in [0.25, 0.3) is 5.91 Å². The minimum absolute atomic E-state index is 0.0380. The largest absolute Gasteiger partial charge is 0.494 e. The van der Waals surface area contributed by atoms with Crippen molar-refractivity contribution in [1.29, 1.82) is 0 Å². The highest BCUT2D eigenvalue weighted by molar-refractivity contribution is 7.09. The minimum Gasteiger partial charge on any atom is -0.494 e. The zero-order valence-corrected chi connectivity index (χ0v) is 17.5. The van der Waals surface area contributed by atoms with Crippen LogP contribution in [-0.4, -0.2) is 25.0 Å². The van der Waals surface area contributed by atoms with Gasteiger partial charge in [-0.3, -0.25) is 9.59 Å². The monoisotopic (exact) mass is 424 g/mol. The molecule has 0 radical (unpaired) electrons. The van der Waals surface area contributed by atoms with Crippen LogP contribution >= 0.6 is 11.3 Å². The van der Waals surface area contributed by atoms with Crippen LogP contribution in [0.3, 0.4) is 0 Å². The summed E-state index contributed by atoms with van der Waals surface area (Å²) < 4.78 is 10.9. The number of thiophene rings is 1. The van der Waals surface area contributed by atoms with Crippen LogP contribution in [0.15, 0.2) is 66.0 Å². The number of ether oxygens (including phenoxy) is 2. The fraction of sp³-hybridized carbons (Fsp3) is 0.217. The molecule has 0 saturated heterocycles. The molecule has 3 rings (SSSR count). The standard InChI is InChI=1S/C23H24N2O4S/c1-2-28-19-9-11-20(12-10-19)29-16-23(27)25-18-7-5-17(6-8-18)14-22(26)24-15-21-4-3-13-30-21/h3-13H,2,14-16H2,1H3,(H,24,26)(H,25,27). The van der Waals surface area contributed by atoms with Gasteiger partial charge in [0.1, 0.15) is 11.5 Å². The molecule has 0 unspecified atom stereocenters. The summed E-state index contributed by atoms with van der Waals surface area (Å²) in [7, 11) is 0. The van der Waals surface area contributed by atoms with Gasteiger partial charge in [-0.2, -0.15) is 0 Å². The summed E-state index contributed by atoms with van der Waals surface area (Å²) >= 11 is 1.61. The van der Waals surface area contributed by atoms with Gasteiger partial charge in [0, 0.05) is 10.6 Å². The third-order valence-corrected chi connectivity index (χ3v) is 5.02. The predicted octanol–water partition coefficient (Wildman–Crippen LogP) is 4.02. The molecule has 30 heavy (non-hydrogen) atoms. The van der Waals surface area contributed by atoms with Gasteiger partial charge in [-0.25, -0.2) is 0 Å². The van der Waals surface area contributed by atoms with Crippen molar-refractivity contribution in [2.45, 2.75) is 19.9 Å². The van der Waals surface area contributed by atoms with Crippen molar-refractivity contribution in [2.24, 2.45) is 0 Å². The smallest absolute Gasteiger partial charge is 0.262 e. The van der Waals surface area contributed by atoms with Crippen LogP contribution in [0.5, 0.6) is 11.5 Å². The van der Waals surface area contributed by atoms with Gasteiger partial charge in [-0.15, -0.1) is 11.3 Å². The highest BCUT2D eigenvalue weighted by Gasteiger charge is 2.07. The van der Waals surface area contributed by atoms with Crippen molar-refractivity contribution < 1.29 is 19.1 Å². The molecule has 0 aliphatic rings. The van der Waals surface area contributed by atoms with Crippen LogP contribution in [0.1, 0.15) is 17.4 Å². The molecule has 6 nitrogen and oxygen atoms in total. The molecule has 2 aromatic carbocycles. The van der Waals surface area contributed by atoms with Crippen molar-refractivity contribution in [1.82, 2.24) is 5.32 Å². The molecule has 3 aromatic rings. The molecule has 156 valence electrons. The Labute approximate surface area is 179 Å². The average Bonchev–Trinajstić information content (AvgIpc) is 3.27. The zero-order valence-electron chi connectivity index (χ0n) is 16.7. The molecule has 0 aliphatic carbocycles. The Morgan fingerprint density at radius 1 is 0.900 bits per heavy atom. The number of benzene rings is 2. The first kappa shape index (κ1) is 21.4. The maximum absolute atomic E-state index is 12.1.